The van der Waals surface area contributed by atoms with Crippen molar-refractivity contribution < 1.29 is 14.0 Å². The average molecular weight is 1750 g/mol. The number of halogens is 1. The molecular weight excluding hydrogens is 1620 g/mol. The summed E-state index contributed by atoms with van der Waals surface area (Å²) in [6, 6.07) is 90.7. The van der Waals surface area contributed by atoms with Crippen LogP contribution < -0.4 is 5.46 Å². The third-order valence-corrected chi connectivity index (χ3v) is 25.0. The smallest absolute Gasteiger partial charge is 0.399 e. The largest absolute Gasteiger partial charge is 0.494 e. The Bertz CT molecular complexity index is 6040. The number of benzene rings is 10. The third kappa shape index (κ3) is 23.3. The van der Waals surface area contributed by atoms with E-state index < -0.39 is 18.3 Å². The fourth-order valence-electron chi connectivity index (χ4n) is 15.3. The zero-order valence-electron chi connectivity index (χ0n) is 79.8. The Kier molecular flexibility index (Phi) is 27.8. The molecule has 0 radical (unpaired) electrons. The van der Waals surface area contributed by atoms with Crippen molar-refractivity contribution in [3.05, 3.63) is 315 Å². The predicted octanol–water partition coefficient (Wildman–Crippen LogP) is 29.4. The van der Waals surface area contributed by atoms with Crippen molar-refractivity contribution in [3.8, 4) is 124 Å². The van der Waals surface area contributed by atoms with Gasteiger partial charge in [-0.15, -0.1) is 0 Å². The fraction of sp³-hybridized carbons (Fsp3) is 0.333. The van der Waals surface area contributed by atoms with E-state index in [1.54, 1.807) is 0 Å². The average Bonchev–Trinajstić information content (AvgIpc) is 1.66. The highest BCUT2D eigenvalue weighted by Gasteiger charge is 2.52. The van der Waals surface area contributed by atoms with Gasteiger partial charge in [-0.3, -0.25) is 9.97 Å². The van der Waals surface area contributed by atoms with Gasteiger partial charge in [0.05, 0.1) is 16.9 Å². The van der Waals surface area contributed by atoms with Gasteiger partial charge in [0.15, 0.2) is 34.9 Å². The van der Waals surface area contributed by atoms with Crippen LogP contribution in [0.2, 0.25) is 0 Å². The van der Waals surface area contributed by atoms with Crippen LogP contribution in [0.15, 0.2) is 259 Å². The van der Waals surface area contributed by atoms with Crippen molar-refractivity contribution in [2.24, 2.45) is 0 Å². The molecule has 2 aliphatic rings. The van der Waals surface area contributed by atoms with Gasteiger partial charge in [-0.1, -0.05) is 325 Å². The zero-order valence-corrected chi connectivity index (χ0v) is 81.4. The van der Waals surface area contributed by atoms with Crippen molar-refractivity contribution in [3.63, 3.8) is 0 Å². The minimum absolute atomic E-state index is 0.00535. The Morgan fingerprint density at radius 2 is 0.504 bits per heavy atom. The molecule has 0 aliphatic carbocycles. The molecule has 2 fully saturated rings. The summed E-state index contributed by atoms with van der Waals surface area (Å²) in [6.07, 6.45) is 2.56. The fourth-order valence-corrected chi connectivity index (χ4v) is 15.5. The first-order valence-corrected chi connectivity index (χ1v) is 45.7. The molecule has 14 aromatic rings. The van der Waals surface area contributed by atoms with Crippen LogP contribution >= 0.6 is 15.9 Å². The van der Waals surface area contributed by atoms with Gasteiger partial charge in [0.25, 0.3) is 0 Å². The first-order valence-electron chi connectivity index (χ1n) is 44.9. The molecule has 11 nitrogen and oxygen atoms in total. The van der Waals surface area contributed by atoms with E-state index in [1.807, 2.05) is 130 Å². The van der Waals surface area contributed by atoms with E-state index in [0.717, 1.165) is 113 Å². The lowest BCUT2D eigenvalue weighted by Crippen LogP contribution is -2.41. The lowest BCUT2D eigenvalue weighted by atomic mass is 9.76. The van der Waals surface area contributed by atoms with E-state index in [-0.39, 0.29) is 32.5 Å². The van der Waals surface area contributed by atoms with Crippen molar-refractivity contribution >= 4 is 28.5 Å². The zero-order chi connectivity index (χ0) is 91.5. The highest BCUT2D eigenvalue weighted by atomic mass is 79.9. The summed E-state index contributed by atoms with van der Waals surface area (Å²) in [4.78, 5) is 39.7. The number of hydrogen-bond donors (Lipinski definition) is 0. The molecule has 127 heavy (non-hydrogen) atoms. The SMILES string of the molecule is C1CCOC1.CC(C)(C)c1cc(-c2cc(B3OC(C)(C)C(C)(C)O3)cc(-c3nc(-c4ccccc4)nc(-c4ccccc4)n3)c2)cc(-c2cc(C(C)(C)C)cc(C(C)(C)C)c2)c1.Cc1ccc(-c2cc(-c3cc(-c4cc(C(C)(C)C)cc(C(C)(C)C)c4)cc(C(C)(C)C)c3)cc(-c3nc(-c4ccccc4)nc(-c4ccccc4)n3)c2)c(C)n1.Cc1ccc(Br)c(C)n1. The van der Waals surface area contributed by atoms with Crippen LogP contribution in [0.4, 0.5) is 0 Å². The number of aromatic nitrogens is 8. The summed E-state index contributed by atoms with van der Waals surface area (Å²) in [5, 5.41) is 0. The van der Waals surface area contributed by atoms with Crippen LogP contribution in [0.5, 0.6) is 0 Å². The van der Waals surface area contributed by atoms with Gasteiger partial charge in [0.2, 0.25) is 0 Å². The summed E-state index contributed by atoms with van der Waals surface area (Å²) in [5.41, 5.74) is 28.6. The Morgan fingerprint density at radius 3 is 0.795 bits per heavy atom. The molecule has 652 valence electrons. The molecule has 13 heteroatoms. The normalized spacial score (nSPS) is 14.0. The van der Waals surface area contributed by atoms with Gasteiger partial charge in [-0.2, -0.15) is 0 Å². The molecule has 2 saturated heterocycles. The quantitative estimate of drug-likeness (QED) is 0.108. The number of hydrogen-bond acceptors (Lipinski definition) is 11. The summed E-state index contributed by atoms with van der Waals surface area (Å²) in [7, 11) is -0.583. The molecule has 2 aliphatic heterocycles. The molecule has 4 aromatic heterocycles. The molecule has 0 N–H and O–H groups in total. The predicted molar refractivity (Wildman–Crippen MR) is 536 cm³/mol. The summed E-state index contributed by atoms with van der Waals surface area (Å²) >= 11 is 3.37. The van der Waals surface area contributed by atoms with Crippen molar-refractivity contribution in [1.29, 1.82) is 0 Å². The van der Waals surface area contributed by atoms with E-state index in [2.05, 4.69) is 326 Å². The topological polar surface area (TPSA) is 131 Å². The third-order valence-electron chi connectivity index (χ3n) is 24.1. The monoisotopic (exact) mass is 1750 g/mol. The maximum atomic E-state index is 6.70. The number of pyridine rings is 2. The first-order chi connectivity index (χ1) is 59.7. The maximum Gasteiger partial charge on any atom is 0.494 e. The molecule has 0 saturated carbocycles. The van der Waals surface area contributed by atoms with Gasteiger partial charge in [-0.05, 0) is 260 Å². The van der Waals surface area contributed by atoms with Gasteiger partial charge in [0, 0.05) is 73.7 Å². The molecule has 16 rings (SSSR count). The second kappa shape index (κ2) is 37.7. The molecular formula is C114H128BBrN8O3. The molecule has 0 bridgehead atoms. The standard InChI is InChI=1S/C52H54N4.C51H58BN3O2.C7H8BrN.C4H8O/c1-33-22-23-46(34(2)53-33)41-25-37(26-42(27-41)49-55-47(35-18-14-12-15-19-35)54-48(56-49)36-20-16-13-17-21-36)38-24-39(29-43(28-38)50(3,4)5)40-30-44(51(6,7)8)32-45(31-40)52(9,10)11;1-47(2,3)40-26-35(24-36(27-40)38-28-41(48(4,5)6)32-42(29-38)49(7,8)9)37-25-39(31-43(30-37)52-56-50(10,11)51(12,13)57-52)46-54-44(33-20-16-14-17-21-33)53-45(55-46)34-22-18-15-19-23-34;1-5-3-4-7(8)6(2)9-5;1-2-4-5-3-1/h12-32H,1-11H3;14-32H,1-13H3;3-4H,1-2H3;1-4H2. The van der Waals surface area contributed by atoms with Crippen molar-refractivity contribution in [2.45, 2.75) is 237 Å². The second-order valence-electron chi connectivity index (χ2n) is 41.4. The van der Waals surface area contributed by atoms with Gasteiger partial charge in [0.1, 0.15) is 0 Å². The van der Waals surface area contributed by atoms with Gasteiger partial charge >= 0.3 is 7.12 Å². The van der Waals surface area contributed by atoms with E-state index in [0.29, 0.717) is 34.9 Å². The highest BCUT2D eigenvalue weighted by molar-refractivity contribution is 9.10. The summed E-state index contributed by atoms with van der Waals surface area (Å²) in [6.45, 7) is 59.8. The van der Waals surface area contributed by atoms with E-state index >= 15 is 0 Å². The highest BCUT2D eigenvalue weighted by Crippen LogP contribution is 2.45. The minimum Gasteiger partial charge on any atom is -0.399 e. The lowest BCUT2D eigenvalue weighted by Gasteiger charge is -2.32. The van der Waals surface area contributed by atoms with Crippen LogP contribution in [0.1, 0.15) is 221 Å². The Labute approximate surface area is 766 Å². The lowest BCUT2D eigenvalue weighted by molar-refractivity contribution is 0.00578. The Hall–Kier alpha value is -11.1. The van der Waals surface area contributed by atoms with Crippen LogP contribution in [0.3, 0.4) is 0 Å². The number of nitrogens with zero attached hydrogens (tertiary/aromatic N) is 8. The van der Waals surface area contributed by atoms with E-state index in [4.69, 9.17) is 48.9 Å². The van der Waals surface area contributed by atoms with Gasteiger partial charge < -0.3 is 14.0 Å². The molecule has 0 unspecified atom stereocenters. The van der Waals surface area contributed by atoms with Crippen LogP contribution in [0, 0.1) is 27.7 Å². The molecule has 0 amide bonds. The summed E-state index contributed by atoms with van der Waals surface area (Å²) < 4.78 is 19.4. The maximum absolute atomic E-state index is 6.70. The van der Waals surface area contributed by atoms with Crippen LogP contribution in [-0.4, -0.2) is 71.4 Å². The Balaban J connectivity index is 0.000000188. The molecule has 0 spiro atoms. The first kappa shape index (κ1) is 93.6. The van der Waals surface area contributed by atoms with Crippen molar-refractivity contribution in [2.75, 3.05) is 13.2 Å². The number of ether oxygens (including phenoxy) is 1. The van der Waals surface area contributed by atoms with Crippen molar-refractivity contribution in [1.82, 2.24) is 39.9 Å². The number of rotatable bonds is 12. The van der Waals surface area contributed by atoms with Crippen LogP contribution in [0.25, 0.3) is 124 Å². The Morgan fingerprint density at radius 1 is 0.260 bits per heavy atom. The summed E-state index contributed by atoms with van der Waals surface area (Å²) in [5.74, 6) is 3.72. The molecule has 6 heterocycles. The van der Waals surface area contributed by atoms with E-state index in [9.17, 15) is 0 Å². The van der Waals surface area contributed by atoms with Crippen LogP contribution in [-0.2, 0) is 46.5 Å². The van der Waals surface area contributed by atoms with Gasteiger partial charge in [-0.25, -0.2) is 29.9 Å². The molecule has 0 atom stereocenters. The number of aryl methyl sites for hydroxylation is 4. The second-order valence-corrected chi connectivity index (χ2v) is 42.3. The van der Waals surface area contributed by atoms with E-state index in [1.165, 1.54) is 68.5 Å². The molecule has 10 aromatic carbocycles. The minimum atomic E-state index is -0.583.